The maximum Gasteiger partial charge on any atom is 0.407 e. The Morgan fingerprint density at radius 3 is 2.57 bits per heavy atom. The van der Waals surface area contributed by atoms with Gasteiger partial charge in [0.1, 0.15) is 6.10 Å². The molecule has 1 heterocycles. The minimum Gasteiger partial charge on any atom is -0.446 e. The Morgan fingerprint density at radius 2 is 1.83 bits per heavy atom. The van der Waals surface area contributed by atoms with Crippen LogP contribution in [0.1, 0.15) is 131 Å². The summed E-state index contributed by atoms with van der Waals surface area (Å²) in [4.78, 5) is 38.4. The number of fused-ring (bicyclic) bond motifs is 5. The average Bonchev–Trinajstić information content (AvgIpc) is 3.58. The van der Waals surface area contributed by atoms with Crippen LogP contribution in [0.25, 0.3) is 0 Å². The highest BCUT2D eigenvalue weighted by atomic mass is 16.6. The summed E-state index contributed by atoms with van der Waals surface area (Å²) in [5.74, 6) is 4.47. The summed E-state index contributed by atoms with van der Waals surface area (Å²) in [7, 11) is 0. The number of rotatable bonds is 13. The second kappa shape index (κ2) is 15.1. The van der Waals surface area contributed by atoms with Crippen molar-refractivity contribution in [2.45, 2.75) is 137 Å². The molecule has 1 saturated heterocycles. The van der Waals surface area contributed by atoms with Crippen molar-refractivity contribution >= 4 is 17.8 Å². The van der Waals surface area contributed by atoms with Crippen molar-refractivity contribution in [1.29, 1.82) is 0 Å². The second-order valence-electron chi connectivity index (χ2n) is 16.9. The van der Waals surface area contributed by atoms with Gasteiger partial charge in [-0.05, 0) is 104 Å². The van der Waals surface area contributed by atoms with Crippen molar-refractivity contribution < 1.29 is 24.2 Å². The molecular formula is C39H64N2O5. The number of ether oxygens (including phenoxy) is 1. The number of nitrogens with zero attached hydrogens (tertiary/aromatic N) is 1. The van der Waals surface area contributed by atoms with Crippen molar-refractivity contribution in [3.05, 3.63) is 11.6 Å². The number of likely N-dealkylation sites (tertiary alicyclic amines) is 1. The Morgan fingerprint density at radius 1 is 1.02 bits per heavy atom. The number of hydrogen-bond donors (Lipinski definition) is 2. The summed E-state index contributed by atoms with van der Waals surface area (Å²) >= 11 is 0. The lowest BCUT2D eigenvalue weighted by Gasteiger charge is -2.58. The van der Waals surface area contributed by atoms with Gasteiger partial charge < -0.3 is 20.1 Å². The smallest absolute Gasteiger partial charge is 0.407 e. The normalized spacial score (nSPS) is 36.1. The van der Waals surface area contributed by atoms with Gasteiger partial charge in [0.05, 0.1) is 19.1 Å². The van der Waals surface area contributed by atoms with E-state index >= 15 is 0 Å². The number of alkyl carbamates (subject to hydrolysis) is 1. The minimum atomic E-state index is -0.426. The maximum atomic E-state index is 12.7. The molecule has 4 fully saturated rings. The van der Waals surface area contributed by atoms with Crippen molar-refractivity contribution in [3.63, 3.8) is 0 Å². The van der Waals surface area contributed by atoms with Crippen LogP contribution in [0.5, 0.6) is 0 Å². The average molecular weight is 641 g/mol. The van der Waals surface area contributed by atoms with E-state index in [-0.39, 0.29) is 42.5 Å². The molecule has 0 bridgehead atoms. The van der Waals surface area contributed by atoms with E-state index in [1.807, 2.05) is 0 Å². The highest BCUT2D eigenvalue weighted by molar-refractivity contribution is 5.91. The van der Waals surface area contributed by atoms with E-state index in [1.54, 1.807) is 10.5 Å². The zero-order valence-corrected chi connectivity index (χ0v) is 29.7. The molecule has 260 valence electrons. The van der Waals surface area contributed by atoms with Crippen LogP contribution in [0, 0.1) is 52.3 Å². The molecule has 5 aliphatic rings. The molecule has 3 saturated carbocycles. The fourth-order valence-electron chi connectivity index (χ4n) is 11.0. The van der Waals surface area contributed by atoms with Crippen molar-refractivity contribution in [1.82, 2.24) is 10.2 Å². The predicted octanol–water partition coefficient (Wildman–Crippen LogP) is 7.70. The first kappa shape index (κ1) is 35.4. The van der Waals surface area contributed by atoms with Gasteiger partial charge in [0.25, 0.3) is 0 Å². The number of ketones is 1. The van der Waals surface area contributed by atoms with Gasteiger partial charge in [0, 0.05) is 25.9 Å². The molecule has 4 aliphatic carbocycles. The highest BCUT2D eigenvalue weighted by Gasteiger charge is 2.59. The Balaban J connectivity index is 1.04. The summed E-state index contributed by atoms with van der Waals surface area (Å²) in [6.07, 6.45) is 18.8. The van der Waals surface area contributed by atoms with Crippen molar-refractivity contribution in [2.75, 3.05) is 26.2 Å². The summed E-state index contributed by atoms with van der Waals surface area (Å²) in [6.45, 7) is 13.3. The van der Waals surface area contributed by atoms with Gasteiger partial charge in [-0.2, -0.15) is 0 Å². The summed E-state index contributed by atoms with van der Waals surface area (Å²) < 4.78 is 5.93. The van der Waals surface area contributed by atoms with E-state index < -0.39 is 5.92 Å². The lowest BCUT2D eigenvalue weighted by molar-refractivity contribution is -0.131. The minimum absolute atomic E-state index is 0.0268. The monoisotopic (exact) mass is 640 g/mol. The number of Topliss-reactive ketones (excluding diaryl/α,β-unsaturated/α-hetero) is 1. The van der Waals surface area contributed by atoms with Crippen LogP contribution in [0.3, 0.4) is 0 Å². The molecule has 6 unspecified atom stereocenters. The van der Waals surface area contributed by atoms with Gasteiger partial charge in [0.15, 0.2) is 5.78 Å². The molecule has 0 aromatic heterocycles. The zero-order chi connectivity index (χ0) is 33.1. The molecule has 2 amide bonds. The Labute approximate surface area is 279 Å². The molecule has 5 rings (SSSR count). The number of allylic oxidation sites excluding steroid dienone is 1. The number of hydrogen-bond acceptors (Lipinski definition) is 5. The topological polar surface area (TPSA) is 95.9 Å². The van der Waals surface area contributed by atoms with Crippen molar-refractivity contribution in [3.8, 4) is 0 Å². The number of aliphatic hydroxyl groups is 1. The quantitative estimate of drug-likeness (QED) is 0.159. The summed E-state index contributed by atoms with van der Waals surface area (Å²) in [5, 5.41) is 12.2. The molecule has 0 aromatic rings. The SMILES string of the molecule is CC(C)CCCC(C)C1CCC2C3CC=C4C[C@@H](OC(=O)NCCCCCC(=O)N5CC(=O)C(CO)C5)CC[C@]4(C)C3CC[C@]12C. The van der Waals surface area contributed by atoms with Gasteiger partial charge in [-0.25, -0.2) is 4.79 Å². The van der Waals surface area contributed by atoms with Gasteiger partial charge in [-0.1, -0.05) is 72.0 Å². The van der Waals surface area contributed by atoms with E-state index in [0.29, 0.717) is 24.9 Å². The molecule has 1 aliphatic heterocycles. The summed E-state index contributed by atoms with van der Waals surface area (Å²) in [5.41, 5.74) is 2.31. The molecule has 7 nitrogen and oxygen atoms in total. The fourth-order valence-corrected chi connectivity index (χ4v) is 11.0. The number of amides is 2. The number of aliphatic hydroxyl groups excluding tert-OH is 1. The summed E-state index contributed by atoms with van der Waals surface area (Å²) in [6, 6.07) is 0. The van der Waals surface area contributed by atoms with Gasteiger partial charge in [0.2, 0.25) is 5.91 Å². The van der Waals surface area contributed by atoms with Gasteiger partial charge >= 0.3 is 6.09 Å². The van der Waals surface area contributed by atoms with E-state index in [9.17, 15) is 19.5 Å². The first-order chi connectivity index (χ1) is 22.0. The van der Waals surface area contributed by atoms with Crippen LogP contribution in [-0.4, -0.2) is 60.1 Å². The third-order valence-corrected chi connectivity index (χ3v) is 13.7. The number of unbranched alkanes of at least 4 members (excludes halogenated alkanes) is 2. The Hall–Kier alpha value is -1.89. The Kier molecular flexibility index (Phi) is 11.6. The predicted molar refractivity (Wildman–Crippen MR) is 182 cm³/mol. The number of nitrogens with one attached hydrogen (secondary N) is 1. The van der Waals surface area contributed by atoms with Gasteiger partial charge in [-0.3, -0.25) is 9.59 Å². The molecule has 2 N–H and O–H groups in total. The Bertz CT molecular complexity index is 1120. The molecular weight excluding hydrogens is 576 g/mol. The molecule has 9 atom stereocenters. The van der Waals surface area contributed by atoms with Gasteiger partial charge in [-0.15, -0.1) is 0 Å². The first-order valence-corrected chi connectivity index (χ1v) is 19.0. The lowest BCUT2D eigenvalue weighted by atomic mass is 9.47. The third-order valence-electron chi connectivity index (χ3n) is 13.7. The molecule has 0 spiro atoms. The fraction of sp³-hybridized carbons (Fsp3) is 0.872. The first-order valence-electron chi connectivity index (χ1n) is 19.0. The lowest BCUT2D eigenvalue weighted by Crippen LogP contribution is -2.51. The van der Waals surface area contributed by atoms with E-state index in [2.05, 4.69) is 46.0 Å². The van der Waals surface area contributed by atoms with Crippen LogP contribution in [0.15, 0.2) is 11.6 Å². The molecule has 46 heavy (non-hydrogen) atoms. The highest BCUT2D eigenvalue weighted by Crippen LogP contribution is 2.67. The number of carbonyl (C=O) groups is 3. The second-order valence-corrected chi connectivity index (χ2v) is 16.9. The molecule has 0 aromatic carbocycles. The van der Waals surface area contributed by atoms with Crippen LogP contribution in [-0.2, 0) is 14.3 Å². The number of carbonyl (C=O) groups excluding carboxylic acids is 3. The van der Waals surface area contributed by atoms with E-state index in [1.165, 1.54) is 51.4 Å². The zero-order valence-electron chi connectivity index (χ0n) is 29.7. The van der Waals surface area contributed by atoms with E-state index in [0.717, 1.165) is 74.0 Å². The van der Waals surface area contributed by atoms with E-state index in [4.69, 9.17) is 4.74 Å². The van der Waals surface area contributed by atoms with Crippen molar-refractivity contribution in [2.24, 2.45) is 52.3 Å². The van der Waals surface area contributed by atoms with Crippen LogP contribution in [0.2, 0.25) is 0 Å². The standard InChI is InChI=1S/C39H64N2O5/c1-26(2)10-9-11-27(3)32-15-16-33-31-14-13-29-22-30(17-19-38(29,4)34(31)18-20-39(32,33)5)46-37(45)40-21-8-6-7-12-36(44)41-23-28(25-42)35(43)24-41/h13,26-28,30-34,42H,6-12,14-25H2,1-5H3,(H,40,45)/t27?,28?,30-,31?,32?,33?,34?,38-,39+/m0/s1. The molecule has 7 heteroatoms. The molecule has 0 radical (unpaired) electrons. The third kappa shape index (κ3) is 7.55. The van der Waals surface area contributed by atoms with Crippen LogP contribution < -0.4 is 5.32 Å². The van der Waals surface area contributed by atoms with Crippen LogP contribution >= 0.6 is 0 Å². The maximum absolute atomic E-state index is 12.7. The van der Waals surface area contributed by atoms with Crippen LogP contribution in [0.4, 0.5) is 4.79 Å². The largest absolute Gasteiger partial charge is 0.446 e.